The summed E-state index contributed by atoms with van der Waals surface area (Å²) in [6.07, 6.45) is 8.86. The monoisotopic (exact) mass is 377 g/mol. The van der Waals surface area contributed by atoms with Gasteiger partial charge in [-0.05, 0) is 42.0 Å². The van der Waals surface area contributed by atoms with Crippen LogP contribution in [0.1, 0.15) is 16.1 Å². The van der Waals surface area contributed by atoms with Gasteiger partial charge < -0.3 is 19.7 Å². The van der Waals surface area contributed by atoms with Crippen LogP contribution in [0.5, 0.6) is 5.75 Å². The zero-order valence-electron chi connectivity index (χ0n) is 15.0. The molecule has 0 bridgehead atoms. The fourth-order valence-corrected chi connectivity index (χ4v) is 2.57. The number of aromatic nitrogens is 2. The van der Waals surface area contributed by atoms with Crippen LogP contribution in [-0.4, -0.2) is 33.1 Å². The van der Waals surface area contributed by atoms with Gasteiger partial charge in [-0.15, -0.1) is 0 Å². The smallest absolute Gasteiger partial charge is 0.341 e. The van der Waals surface area contributed by atoms with Crippen LogP contribution in [-0.2, 0) is 11.3 Å². The summed E-state index contributed by atoms with van der Waals surface area (Å²) in [4.78, 5) is 27.0. The number of ether oxygens (including phenoxy) is 1. The van der Waals surface area contributed by atoms with E-state index < -0.39 is 5.97 Å². The summed E-state index contributed by atoms with van der Waals surface area (Å²) < 4.78 is 7.00. The molecule has 0 aliphatic heterocycles. The average Bonchev–Trinajstić information content (AvgIpc) is 3.16. The summed E-state index contributed by atoms with van der Waals surface area (Å²) >= 11 is 0. The Morgan fingerprint density at radius 3 is 2.86 bits per heavy atom. The first-order valence-electron chi connectivity index (χ1n) is 8.59. The van der Waals surface area contributed by atoms with Crippen molar-refractivity contribution >= 4 is 23.6 Å². The van der Waals surface area contributed by atoms with Gasteiger partial charge >= 0.3 is 5.97 Å². The average molecular weight is 377 g/mol. The maximum absolute atomic E-state index is 12.5. The third-order valence-corrected chi connectivity index (χ3v) is 3.81. The number of aliphatic carboxylic acids is 1. The quantitative estimate of drug-likeness (QED) is 0.628. The minimum Gasteiger partial charge on any atom is -0.482 e. The van der Waals surface area contributed by atoms with Crippen molar-refractivity contribution in [3.63, 3.8) is 0 Å². The van der Waals surface area contributed by atoms with Gasteiger partial charge in [-0.1, -0.05) is 24.3 Å². The number of nitrogens with one attached hydrogen (secondary N) is 1. The molecule has 0 spiro atoms. The van der Waals surface area contributed by atoms with Crippen LogP contribution in [0.4, 0.5) is 5.69 Å². The number of allylic oxidation sites excluding steroid dienone is 1. The van der Waals surface area contributed by atoms with Gasteiger partial charge in [0, 0.05) is 18.9 Å². The molecule has 2 N–H and O–H groups in total. The van der Waals surface area contributed by atoms with Crippen molar-refractivity contribution in [2.45, 2.75) is 6.54 Å². The predicted molar refractivity (Wildman–Crippen MR) is 105 cm³/mol. The number of amides is 1. The number of pyridine rings is 1. The van der Waals surface area contributed by atoms with E-state index in [0.29, 0.717) is 23.7 Å². The third kappa shape index (κ3) is 5.31. The van der Waals surface area contributed by atoms with Crippen molar-refractivity contribution in [2.75, 3.05) is 11.9 Å². The summed E-state index contributed by atoms with van der Waals surface area (Å²) in [5.74, 6) is -0.747. The highest BCUT2D eigenvalue weighted by Crippen LogP contribution is 2.15. The van der Waals surface area contributed by atoms with Crippen LogP contribution in [0.25, 0.3) is 6.08 Å². The number of carboxylic acids is 1. The molecule has 0 fully saturated rings. The summed E-state index contributed by atoms with van der Waals surface area (Å²) in [6, 6.07) is 14.2. The number of nitrogens with zero attached hydrogens (tertiary/aromatic N) is 2. The van der Waals surface area contributed by atoms with Crippen LogP contribution in [0.15, 0.2) is 73.2 Å². The van der Waals surface area contributed by atoms with Gasteiger partial charge in [0.15, 0.2) is 6.61 Å². The van der Waals surface area contributed by atoms with Crippen LogP contribution in [0.3, 0.4) is 0 Å². The maximum Gasteiger partial charge on any atom is 0.341 e. The SMILES string of the molecule is O=C(O)COc1cccc(C=CCn2cccc2C(=O)Nc2cccnc2)c1. The Morgan fingerprint density at radius 2 is 2.07 bits per heavy atom. The van der Waals surface area contributed by atoms with Crippen LogP contribution >= 0.6 is 0 Å². The molecule has 0 atom stereocenters. The minimum atomic E-state index is -1.02. The molecule has 2 aromatic heterocycles. The Balaban J connectivity index is 1.62. The van der Waals surface area contributed by atoms with Crippen LogP contribution in [0.2, 0.25) is 0 Å². The number of rotatable bonds is 8. The summed E-state index contributed by atoms with van der Waals surface area (Å²) in [5, 5.41) is 11.5. The first-order valence-corrected chi connectivity index (χ1v) is 8.59. The van der Waals surface area contributed by atoms with Gasteiger partial charge in [-0.25, -0.2) is 4.79 Å². The molecule has 2 heterocycles. The largest absolute Gasteiger partial charge is 0.482 e. The number of hydrogen-bond acceptors (Lipinski definition) is 4. The molecule has 3 rings (SSSR count). The zero-order chi connectivity index (χ0) is 19.8. The standard InChI is InChI=1S/C21H19N3O4/c25-20(26)15-28-18-8-1-5-16(13-18)6-3-11-24-12-4-9-19(24)21(27)23-17-7-2-10-22-14-17/h1-10,12-14H,11,15H2,(H,23,27)(H,25,26). The second-order valence-electron chi connectivity index (χ2n) is 5.90. The van der Waals surface area contributed by atoms with Crippen LogP contribution in [0, 0.1) is 0 Å². The Bertz CT molecular complexity index is 980. The van der Waals surface area contributed by atoms with Crippen molar-refractivity contribution in [2.24, 2.45) is 0 Å². The lowest BCUT2D eigenvalue weighted by atomic mass is 10.2. The summed E-state index contributed by atoms with van der Waals surface area (Å²) in [5.41, 5.74) is 2.04. The third-order valence-electron chi connectivity index (χ3n) is 3.81. The number of hydrogen-bond donors (Lipinski definition) is 2. The summed E-state index contributed by atoms with van der Waals surface area (Å²) in [6.45, 7) is 0.120. The molecule has 7 nitrogen and oxygen atoms in total. The molecule has 0 unspecified atom stereocenters. The van der Waals surface area contributed by atoms with E-state index in [1.165, 1.54) is 0 Å². The molecule has 0 aliphatic carbocycles. The molecule has 0 radical (unpaired) electrons. The maximum atomic E-state index is 12.5. The van der Waals surface area contributed by atoms with Gasteiger partial charge in [-0.3, -0.25) is 9.78 Å². The lowest BCUT2D eigenvalue weighted by molar-refractivity contribution is -0.139. The van der Waals surface area contributed by atoms with Gasteiger partial charge in [-0.2, -0.15) is 0 Å². The molecule has 3 aromatic rings. The number of carboxylic acid groups (broad SMARTS) is 1. The lowest BCUT2D eigenvalue weighted by Crippen LogP contribution is -2.16. The normalized spacial score (nSPS) is 10.7. The summed E-state index contributed by atoms with van der Waals surface area (Å²) in [7, 11) is 0. The Hall–Kier alpha value is -3.87. The molecule has 0 aliphatic rings. The molecular weight excluding hydrogens is 358 g/mol. The first kappa shape index (κ1) is 18.9. The van der Waals surface area contributed by atoms with Gasteiger partial charge in [0.2, 0.25) is 0 Å². The van der Waals surface area contributed by atoms with Crippen molar-refractivity contribution in [1.82, 2.24) is 9.55 Å². The lowest BCUT2D eigenvalue weighted by Gasteiger charge is -2.08. The number of benzene rings is 1. The molecule has 1 aromatic carbocycles. The molecule has 1 amide bonds. The van der Waals surface area contributed by atoms with Gasteiger partial charge in [0.25, 0.3) is 5.91 Å². The predicted octanol–water partition coefficient (Wildman–Crippen LogP) is 3.31. The Morgan fingerprint density at radius 1 is 1.18 bits per heavy atom. The Labute approximate surface area is 161 Å². The van der Waals surface area contributed by atoms with E-state index in [9.17, 15) is 9.59 Å². The van der Waals surface area contributed by atoms with E-state index >= 15 is 0 Å². The number of carbonyl (C=O) groups excluding carboxylic acids is 1. The molecule has 7 heteroatoms. The first-order chi connectivity index (χ1) is 13.6. The second-order valence-corrected chi connectivity index (χ2v) is 5.90. The van der Waals surface area contributed by atoms with E-state index in [-0.39, 0.29) is 12.5 Å². The van der Waals surface area contributed by atoms with Crippen LogP contribution < -0.4 is 10.1 Å². The fraction of sp³-hybridized carbons (Fsp3) is 0.0952. The highest BCUT2D eigenvalue weighted by Gasteiger charge is 2.10. The van der Waals surface area contributed by atoms with E-state index in [4.69, 9.17) is 9.84 Å². The van der Waals surface area contributed by atoms with E-state index in [1.54, 1.807) is 48.8 Å². The van der Waals surface area contributed by atoms with Crippen molar-refractivity contribution < 1.29 is 19.4 Å². The Kier molecular flexibility index (Phi) is 6.20. The minimum absolute atomic E-state index is 0.213. The second kappa shape index (κ2) is 9.18. The molecule has 28 heavy (non-hydrogen) atoms. The van der Waals surface area contributed by atoms with E-state index in [0.717, 1.165) is 5.56 Å². The molecular formula is C21H19N3O4. The van der Waals surface area contributed by atoms with E-state index in [1.807, 2.05) is 35.0 Å². The highest BCUT2D eigenvalue weighted by molar-refractivity contribution is 6.03. The van der Waals surface area contributed by atoms with Gasteiger partial charge in [0.1, 0.15) is 11.4 Å². The van der Waals surface area contributed by atoms with Crippen molar-refractivity contribution in [1.29, 1.82) is 0 Å². The molecule has 0 saturated heterocycles. The molecule has 0 saturated carbocycles. The van der Waals surface area contributed by atoms with Crippen molar-refractivity contribution in [3.8, 4) is 5.75 Å². The molecule has 142 valence electrons. The van der Waals surface area contributed by atoms with Crippen molar-refractivity contribution in [3.05, 3.63) is 84.5 Å². The zero-order valence-corrected chi connectivity index (χ0v) is 15.0. The number of anilines is 1. The number of carbonyl (C=O) groups is 2. The van der Waals surface area contributed by atoms with Gasteiger partial charge in [0.05, 0.1) is 11.9 Å². The topological polar surface area (TPSA) is 93.5 Å². The van der Waals surface area contributed by atoms with E-state index in [2.05, 4.69) is 10.3 Å². The highest BCUT2D eigenvalue weighted by atomic mass is 16.5. The fourth-order valence-electron chi connectivity index (χ4n) is 2.57.